The fourth-order valence-corrected chi connectivity index (χ4v) is 6.10. The summed E-state index contributed by atoms with van der Waals surface area (Å²) >= 11 is 6.00. The van der Waals surface area contributed by atoms with Gasteiger partial charge in [-0.05, 0) is 100 Å². The van der Waals surface area contributed by atoms with Crippen molar-refractivity contribution in [3.63, 3.8) is 0 Å². The zero-order valence-electron chi connectivity index (χ0n) is 20.4. The molecule has 2 atom stereocenters. The molecule has 4 heterocycles. The topological polar surface area (TPSA) is 61.2 Å². The van der Waals surface area contributed by atoms with E-state index in [1.165, 1.54) is 54.3 Å². The molecule has 0 spiro atoms. The second-order valence-corrected chi connectivity index (χ2v) is 10.6. The molecule has 2 aromatic heterocycles. The lowest BCUT2D eigenvalue weighted by atomic mass is 9.90. The Morgan fingerprint density at radius 3 is 2.43 bits per heavy atom. The van der Waals surface area contributed by atoms with Gasteiger partial charge >= 0.3 is 0 Å². The average Bonchev–Trinajstić information content (AvgIpc) is 3.65. The van der Waals surface area contributed by atoms with Crippen LogP contribution in [0.25, 0.3) is 22.5 Å². The number of nitrogens with one attached hydrogen (secondary N) is 1. The number of aromatic amines is 1. The van der Waals surface area contributed by atoms with Crippen LogP contribution in [0.2, 0.25) is 5.02 Å². The van der Waals surface area contributed by atoms with E-state index in [2.05, 4.69) is 52.2 Å². The highest BCUT2D eigenvalue weighted by Gasteiger charge is 2.32. The molecule has 6 nitrogen and oxygen atoms in total. The van der Waals surface area contributed by atoms with Crippen LogP contribution in [0.15, 0.2) is 47.0 Å². The lowest BCUT2D eigenvalue weighted by molar-refractivity contribution is 0.295. The number of nitrogens with zero attached hydrogens (tertiary/aromatic N) is 4. The van der Waals surface area contributed by atoms with E-state index in [0.717, 1.165) is 41.4 Å². The van der Waals surface area contributed by atoms with Crippen molar-refractivity contribution in [3.05, 3.63) is 70.0 Å². The molecule has 0 saturated carbocycles. The number of benzene rings is 2. The molecule has 2 saturated heterocycles. The molecule has 2 aliphatic rings. The fraction of sp³-hybridized carbons (Fsp3) is 0.429. The molecule has 6 rings (SSSR count). The third-order valence-electron chi connectivity index (χ3n) is 7.86. The number of aromatic nitrogens is 3. The Hall–Kier alpha value is -2.67. The second kappa shape index (κ2) is 9.41. The molecule has 2 aromatic carbocycles. The first-order valence-corrected chi connectivity index (χ1v) is 13.1. The van der Waals surface area contributed by atoms with Gasteiger partial charge in [-0.25, -0.2) is 0 Å². The Kier molecular flexibility index (Phi) is 6.13. The van der Waals surface area contributed by atoms with Gasteiger partial charge in [0.05, 0.1) is 0 Å². The molecule has 4 aromatic rings. The van der Waals surface area contributed by atoms with Gasteiger partial charge in [0, 0.05) is 34.4 Å². The fourth-order valence-electron chi connectivity index (χ4n) is 5.97. The molecule has 2 unspecified atom stereocenters. The monoisotopic (exact) mass is 489 g/mol. The summed E-state index contributed by atoms with van der Waals surface area (Å²) < 4.78 is 5.69. The molecular formula is C28H32ClN5O. The molecular weight excluding hydrogens is 458 g/mol. The van der Waals surface area contributed by atoms with Gasteiger partial charge in [-0.15, -0.1) is 0 Å². The van der Waals surface area contributed by atoms with E-state index in [-0.39, 0.29) is 0 Å². The molecule has 0 aliphatic carbocycles. The molecule has 0 radical (unpaired) electrons. The number of likely N-dealkylation sites (tertiary alicyclic amines) is 2. The number of fused-ring (bicyclic) bond motifs is 1. The number of rotatable bonds is 6. The van der Waals surface area contributed by atoms with Crippen LogP contribution in [0, 0.1) is 0 Å². The molecule has 1 N–H and O–H groups in total. The Balaban J connectivity index is 1.32. The lowest BCUT2D eigenvalue weighted by Gasteiger charge is -2.28. The van der Waals surface area contributed by atoms with Crippen LogP contribution in [0.1, 0.15) is 60.3 Å². The van der Waals surface area contributed by atoms with E-state index in [9.17, 15) is 0 Å². The van der Waals surface area contributed by atoms with Gasteiger partial charge in [0.15, 0.2) is 5.82 Å². The zero-order chi connectivity index (χ0) is 23.9. The van der Waals surface area contributed by atoms with Crippen LogP contribution >= 0.6 is 11.6 Å². The van der Waals surface area contributed by atoms with Gasteiger partial charge < -0.3 is 9.51 Å². The van der Waals surface area contributed by atoms with Crippen LogP contribution in [-0.2, 0) is 12.8 Å². The van der Waals surface area contributed by atoms with Gasteiger partial charge in [0.25, 0.3) is 5.89 Å². The maximum Gasteiger partial charge on any atom is 0.274 e. The zero-order valence-corrected chi connectivity index (χ0v) is 21.2. The van der Waals surface area contributed by atoms with Crippen molar-refractivity contribution < 1.29 is 4.52 Å². The molecule has 182 valence electrons. The quantitative estimate of drug-likeness (QED) is 0.350. The number of H-pyrrole nitrogens is 1. The Labute approximate surface area is 211 Å². The van der Waals surface area contributed by atoms with Crippen molar-refractivity contribution in [3.8, 4) is 11.6 Å². The standard InChI is InChI=1S/C28H32ClN5O/c1-33-15-3-5-24(33)20-12-13-22-21(27(20)25-6-4-16-34(25)2)17-23(30-22)28-31-26(32-35-28)14-9-18-7-10-19(29)11-8-18/h7-8,10-13,17,24-25,30H,3-6,9,14-16H2,1-2H3. The van der Waals surface area contributed by atoms with Crippen molar-refractivity contribution in [2.24, 2.45) is 0 Å². The minimum atomic E-state index is 0.448. The number of halogens is 1. The largest absolute Gasteiger partial charge is 0.351 e. The highest BCUT2D eigenvalue weighted by molar-refractivity contribution is 6.30. The predicted octanol–water partition coefficient (Wildman–Crippen LogP) is 6.19. The van der Waals surface area contributed by atoms with E-state index < -0.39 is 0 Å². The van der Waals surface area contributed by atoms with Gasteiger partial charge in [0.2, 0.25) is 0 Å². The summed E-state index contributed by atoms with van der Waals surface area (Å²) in [5.41, 5.74) is 6.20. The summed E-state index contributed by atoms with van der Waals surface area (Å²) in [5.74, 6) is 1.27. The smallest absolute Gasteiger partial charge is 0.274 e. The van der Waals surface area contributed by atoms with Crippen molar-refractivity contribution >= 4 is 22.5 Å². The van der Waals surface area contributed by atoms with E-state index in [1.54, 1.807) is 0 Å². The summed E-state index contributed by atoms with van der Waals surface area (Å²) in [6, 6.07) is 15.7. The van der Waals surface area contributed by atoms with Crippen LogP contribution in [0.3, 0.4) is 0 Å². The average molecular weight is 490 g/mol. The van der Waals surface area contributed by atoms with Gasteiger partial charge in [-0.3, -0.25) is 9.80 Å². The minimum absolute atomic E-state index is 0.448. The summed E-state index contributed by atoms with van der Waals surface area (Å²) in [6.45, 7) is 2.32. The molecule has 7 heteroatoms. The summed E-state index contributed by atoms with van der Waals surface area (Å²) in [4.78, 5) is 13.3. The van der Waals surface area contributed by atoms with Crippen molar-refractivity contribution in [1.29, 1.82) is 0 Å². The number of aryl methyl sites for hydroxylation is 2. The third-order valence-corrected chi connectivity index (χ3v) is 8.11. The first-order chi connectivity index (χ1) is 17.1. The molecule has 0 amide bonds. The van der Waals surface area contributed by atoms with Crippen molar-refractivity contribution in [2.45, 2.75) is 50.6 Å². The Morgan fingerprint density at radius 2 is 1.71 bits per heavy atom. The van der Waals surface area contributed by atoms with Gasteiger partial charge in [0.1, 0.15) is 5.69 Å². The molecule has 35 heavy (non-hydrogen) atoms. The highest BCUT2D eigenvalue weighted by Crippen LogP contribution is 2.43. The number of hydrogen-bond acceptors (Lipinski definition) is 5. The van der Waals surface area contributed by atoms with Crippen LogP contribution < -0.4 is 0 Å². The van der Waals surface area contributed by atoms with E-state index >= 15 is 0 Å². The Morgan fingerprint density at radius 1 is 0.971 bits per heavy atom. The first-order valence-electron chi connectivity index (χ1n) is 12.7. The van der Waals surface area contributed by atoms with Crippen LogP contribution in [0.5, 0.6) is 0 Å². The van der Waals surface area contributed by atoms with Crippen molar-refractivity contribution in [1.82, 2.24) is 24.9 Å². The highest BCUT2D eigenvalue weighted by atomic mass is 35.5. The summed E-state index contributed by atoms with van der Waals surface area (Å²) in [5, 5.41) is 6.29. The van der Waals surface area contributed by atoms with Crippen LogP contribution in [0.4, 0.5) is 0 Å². The van der Waals surface area contributed by atoms with Gasteiger partial charge in [-0.2, -0.15) is 4.98 Å². The third kappa shape index (κ3) is 4.39. The van der Waals surface area contributed by atoms with E-state index in [1.807, 2.05) is 24.3 Å². The molecule has 0 bridgehead atoms. The SMILES string of the molecule is CN1CCCC1c1ccc2[nH]c(-c3nc(CCc4ccc(Cl)cc4)no3)cc2c1C1CCCN1C. The van der Waals surface area contributed by atoms with E-state index in [4.69, 9.17) is 21.1 Å². The first kappa shape index (κ1) is 22.8. The van der Waals surface area contributed by atoms with Gasteiger partial charge in [-0.1, -0.05) is 35.0 Å². The summed E-state index contributed by atoms with van der Waals surface area (Å²) in [7, 11) is 4.52. The van der Waals surface area contributed by atoms with Crippen LogP contribution in [-0.4, -0.2) is 52.1 Å². The van der Waals surface area contributed by atoms with E-state index in [0.29, 0.717) is 18.0 Å². The number of hydrogen-bond donors (Lipinski definition) is 1. The predicted molar refractivity (Wildman–Crippen MR) is 140 cm³/mol. The Bertz CT molecular complexity index is 1330. The van der Waals surface area contributed by atoms with Crippen molar-refractivity contribution in [2.75, 3.05) is 27.2 Å². The maximum atomic E-state index is 6.00. The second-order valence-electron chi connectivity index (χ2n) is 10.1. The minimum Gasteiger partial charge on any atom is -0.351 e. The normalized spacial score (nSPS) is 21.5. The summed E-state index contributed by atoms with van der Waals surface area (Å²) in [6.07, 6.45) is 6.51. The molecule has 2 fully saturated rings. The molecule has 2 aliphatic heterocycles. The lowest BCUT2D eigenvalue weighted by Crippen LogP contribution is -2.23. The maximum absolute atomic E-state index is 6.00.